The Hall–Kier alpha value is 0.0669. The molecule has 22 heavy (non-hydrogen) atoms. The highest BCUT2D eigenvalue weighted by Gasteiger charge is 2.38. The van der Waals surface area contributed by atoms with Gasteiger partial charge < -0.3 is 14.2 Å². The van der Waals surface area contributed by atoms with Gasteiger partial charge in [0, 0.05) is 0 Å². The second-order valence-corrected chi connectivity index (χ2v) is 13.9. The topological polar surface area (TPSA) is 55.8 Å². The van der Waals surface area contributed by atoms with Gasteiger partial charge in [0.05, 0.1) is 27.4 Å². The molecule has 1 N–H and O–H groups in total. The number of rotatable bonds is 12. The van der Waals surface area contributed by atoms with Gasteiger partial charge in [-0.15, -0.1) is 0 Å². The summed E-state index contributed by atoms with van der Waals surface area (Å²) in [4.78, 5) is 0. The zero-order valence-electron chi connectivity index (χ0n) is 15.2. The van der Waals surface area contributed by atoms with E-state index in [-0.39, 0.29) is 0 Å². The summed E-state index contributed by atoms with van der Waals surface area (Å²) in [5.74, 6) is 0. The molecule has 6 heteroatoms. The molecule has 0 amide bonds. The molecular formula is C16H35O4PSi. The average molecular weight is 351 g/mol. The summed E-state index contributed by atoms with van der Waals surface area (Å²) >= 11 is 0. The quantitative estimate of drug-likeness (QED) is 0.306. The summed E-state index contributed by atoms with van der Waals surface area (Å²) < 4.78 is 24.0. The summed E-state index contributed by atoms with van der Waals surface area (Å²) in [7, 11) is -4.79. The van der Waals surface area contributed by atoms with E-state index in [4.69, 9.17) is 9.05 Å². The fraction of sp³-hybridized carbons (Fsp3) is 0.875. The molecule has 0 rings (SSSR count). The molecule has 0 aromatic carbocycles. The number of hydrogen-bond donors (Lipinski definition) is 1. The zero-order chi connectivity index (χ0) is 17.2. The second-order valence-electron chi connectivity index (χ2n) is 6.65. The highest BCUT2D eigenvalue weighted by molar-refractivity contribution is 7.55. The van der Waals surface area contributed by atoms with Crippen LogP contribution in [0.1, 0.15) is 46.5 Å². The van der Waals surface area contributed by atoms with Crippen LogP contribution in [0, 0.1) is 0 Å². The van der Waals surface area contributed by atoms with E-state index in [9.17, 15) is 9.67 Å². The Morgan fingerprint density at radius 1 is 1.09 bits per heavy atom. The van der Waals surface area contributed by atoms with Gasteiger partial charge in [-0.1, -0.05) is 57.6 Å². The molecular weight excluding hydrogens is 315 g/mol. The van der Waals surface area contributed by atoms with Gasteiger partial charge in [0.1, 0.15) is 5.66 Å². The Kier molecular flexibility index (Phi) is 10.8. The number of aliphatic hydroxyl groups is 1. The van der Waals surface area contributed by atoms with Crippen LogP contribution in [0.4, 0.5) is 0 Å². The van der Waals surface area contributed by atoms with Gasteiger partial charge in [0.25, 0.3) is 0 Å². The van der Waals surface area contributed by atoms with Gasteiger partial charge in [-0.25, -0.2) is 0 Å². The molecule has 0 aliphatic carbocycles. The van der Waals surface area contributed by atoms with Crippen LogP contribution in [0.5, 0.6) is 0 Å². The van der Waals surface area contributed by atoms with Crippen molar-refractivity contribution < 1.29 is 18.7 Å². The van der Waals surface area contributed by atoms with Gasteiger partial charge in [0.15, 0.2) is 0 Å². The Morgan fingerprint density at radius 2 is 1.64 bits per heavy atom. The minimum atomic E-state index is -3.33. The Morgan fingerprint density at radius 3 is 2.05 bits per heavy atom. The maximum atomic E-state index is 13.1. The maximum Gasteiger partial charge on any atom is 0.340 e. The molecule has 0 saturated heterocycles. The summed E-state index contributed by atoms with van der Waals surface area (Å²) in [6, 6.07) is 0. The molecule has 0 radical (unpaired) electrons. The Labute approximate surface area is 137 Å². The van der Waals surface area contributed by atoms with Crippen LogP contribution in [0.25, 0.3) is 0 Å². The predicted molar refractivity (Wildman–Crippen MR) is 97.3 cm³/mol. The first-order valence-corrected chi connectivity index (χ1v) is 13.6. The minimum Gasteiger partial charge on any atom is -0.392 e. The lowest BCUT2D eigenvalue weighted by molar-refractivity contribution is 0.141. The predicted octanol–water partition coefficient (Wildman–Crippen LogP) is 5.00. The van der Waals surface area contributed by atoms with E-state index in [0.717, 1.165) is 19.3 Å². The zero-order valence-corrected chi connectivity index (χ0v) is 17.1. The van der Waals surface area contributed by atoms with Crippen molar-refractivity contribution >= 4 is 15.7 Å². The van der Waals surface area contributed by atoms with Crippen LogP contribution in [0.3, 0.4) is 0 Å². The van der Waals surface area contributed by atoms with Crippen molar-refractivity contribution in [1.82, 2.24) is 0 Å². The first kappa shape index (κ1) is 22.1. The molecule has 132 valence electrons. The lowest BCUT2D eigenvalue weighted by Crippen LogP contribution is -2.28. The van der Waals surface area contributed by atoms with Gasteiger partial charge in [-0.3, -0.25) is 4.57 Å². The van der Waals surface area contributed by atoms with E-state index in [1.165, 1.54) is 0 Å². The standard InChI is InChI=1S/C16H35O4PSi/c1-7-10-11-12-15(17)16(13-14-22(4,5)6)21(18,19-8-2)20-9-3/h13-17H,7-12H2,1-6H3/b14-13+/t15-,16+/m0/s1. The minimum absolute atomic E-state index is 0.316. The van der Waals surface area contributed by atoms with Crippen molar-refractivity contribution in [1.29, 1.82) is 0 Å². The molecule has 0 spiro atoms. The maximum absolute atomic E-state index is 13.1. The molecule has 0 heterocycles. The third-order valence-electron chi connectivity index (χ3n) is 3.27. The molecule has 0 aromatic heterocycles. The lowest BCUT2D eigenvalue weighted by Gasteiger charge is -2.28. The van der Waals surface area contributed by atoms with Crippen LogP contribution in [0.15, 0.2) is 11.8 Å². The largest absolute Gasteiger partial charge is 0.392 e. The second kappa shape index (κ2) is 10.8. The first-order chi connectivity index (χ1) is 10.2. The van der Waals surface area contributed by atoms with Crippen LogP contribution in [-0.4, -0.2) is 38.2 Å². The fourth-order valence-corrected chi connectivity index (χ4v) is 5.13. The van der Waals surface area contributed by atoms with Crippen molar-refractivity contribution in [3.8, 4) is 0 Å². The number of unbranched alkanes of at least 4 members (excludes halogenated alkanes) is 2. The normalized spacial score (nSPS) is 16.1. The smallest absolute Gasteiger partial charge is 0.340 e. The SMILES string of the molecule is CCCCC[C@H](O)[C@@H](/C=C/[Si](C)(C)C)P(=O)(OCC)OCC. The van der Waals surface area contributed by atoms with Crippen molar-refractivity contribution in [2.24, 2.45) is 0 Å². The number of aliphatic hydroxyl groups excluding tert-OH is 1. The van der Waals surface area contributed by atoms with E-state index in [0.29, 0.717) is 19.6 Å². The highest BCUT2D eigenvalue weighted by Crippen LogP contribution is 2.55. The Balaban J connectivity index is 5.28. The van der Waals surface area contributed by atoms with E-state index < -0.39 is 27.4 Å². The van der Waals surface area contributed by atoms with Crippen LogP contribution in [0.2, 0.25) is 19.6 Å². The summed E-state index contributed by atoms with van der Waals surface area (Å²) in [6.07, 6.45) is 4.90. The van der Waals surface area contributed by atoms with Gasteiger partial charge in [-0.05, 0) is 20.3 Å². The van der Waals surface area contributed by atoms with E-state index in [1.54, 1.807) is 13.8 Å². The summed E-state index contributed by atoms with van der Waals surface area (Å²) in [5.41, 5.74) is 1.54. The van der Waals surface area contributed by atoms with Gasteiger partial charge >= 0.3 is 7.60 Å². The molecule has 0 aliphatic heterocycles. The summed E-state index contributed by atoms with van der Waals surface area (Å²) in [5, 5.41) is 10.6. The molecule has 0 bridgehead atoms. The number of hydrogen-bond acceptors (Lipinski definition) is 4. The van der Waals surface area contributed by atoms with Crippen molar-refractivity contribution in [2.75, 3.05) is 13.2 Å². The third kappa shape index (κ3) is 8.63. The van der Waals surface area contributed by atoms with Crippen molar-refractivity contribution in [2.45, 2.75) is 77.9 Å². The molecule has 2 atom stereocenters. The molecule has 0 aliphatic rings. The molecule has 0 aromatic rings. The lowest BCUT2D eigenvalue weighted by atomic mass is 10.1. The molecule has 0 unspecified atom stereocenters. The fourth-order valence-electron chi connectivity index (χ4n) is 2.18. The third-order valence-corrected chi connectivity index (χ3v) is 6.95. The Bertz CT molecular complexity index is 356. The van der Waals surface area contributed by atoms with Gasteiger partial charge in [-0.2, -0.15) is 0 Å². The van der Waals surface area contributed by atoms with Crippen molar-refractivity contribution in [3.63, 3.8) is 0 Å². The molecule has 4 nitrogen and oxygen atoms in total. The van der Waals surface area contributed by atoms with E-state index in [1.807, 2.05) is 6.08 Å². The van der Waals surface area contributed by atoms with Crippen LogP contribution in [-0.2, 0) is 13.6 Å². The first-order valence-electron chi connectivity index (χ1n) is 8.46. The summed E-state index contributed by atoms with van der Waals surface area (Å²) in [6.45, 7) is 13.0. The van der Waals surface area contributed by atoms with Gasteiger partial charge in [0.2, 0.25) is 0 Å². The average Bonchev–Trinajstić information content (AvgIpc) is 2.38. The van der Waals surface area contributed by atoms with E-state index >= 15 is 0 Å². The molecule has 0 fully saturated rings. The monoisotopic (exact) mass is 350 g/mol. The van der Waals surface area contributed by atoms with Crippen LogP contribution >= 0.6 is 7.60 Å². The van der Waals surface area contributed by atoms with Crippen molar-refractivity contribution in [3.05, 3.63) is 11.8 Å². The van der Waals surface area contributed by atoms with E-state index in [2.05, 4.69) is 32.3 Å². The molecule has 0 saturated carbocycles. The highest BCUT2D eigenvalue weighted by atomic mass is 31.2. The van der Waals surface area contributed by atoms with Crippen LogP contribution < -0.4 is 0 Å².